The third-order valence-corrected chi connectivity index (χ3v) is 7.68. The van der Waals surface area contributed by atoms with E-state index in [-0.39, 0.29) is 16.9 Å². The van der Waals surface area contributed by atoms with Crippen molar-refractivity contribution in [1.82, 2.24) is 0 Å². The summed E-state index contributed by atoms with van der Waals surface area (Å²) in [5.74, 6) is 0.322. The number of nitroso groups, excluding NO2 is 1. The Bertz CT molecular complexity index is 817. The minimum absolute atomic E-state index is 0.0379. The minimum atomic E-state index is -1.22. The second-order valence-electron chi connectivity index (χ2n) is 8.91. The van der Waals surface area contributed by atoms with Crippen LogP contribution in [0.1, 0.15) is 72.6 Å². The van der Waals surface area contributed by atoms with Crippen LogP contribution in [0.15, 0.2) is 34.3 Å². The second kappa shape index (κ2) is 10.9. The quantitative estimate of drug-likeness (QED) is 0.263. The van der Waals surface area contributed by atoms with E-state index in [1.54, 1.807) is 0 Å². The van der Waals surface area contributed by atoms with Crippen LogP contribution in [0.25, 0.3) is 4.85 Å². The van der Waals surface area contributed by atoms with Gasteiger partial charge in [0.2, 0.25) is 5.91 Å². The van der Waals surface area contributed by atoms with Crippen LogP contribution >= 0.6 is 11.8 Å². The van der Waals surface area contributed by atoms with Gasteiger partial charge >= 0.3 is 5.66 Å². The molecular weight excluding hydrogens is 410 g/mol. The van der Waals surface area contributed by atoms with Crippen molar-refractivity contribution in [3.63, 3.8) is 0 Å². The van der Waals surface area contributed by atoms with Gasteiger partial charge in [-0.15, -0.1) is 4.91 Å². The summed E-state index contributed by atoms with van der Waals surface area (Å²) in [5.41, 5.74) is -1.14. The molecule has 0 saturated heterocycles. The smallest absolute Gasteiger partial charge is 0.326 e. The Morgan fingerprint density at radius 2 is 1.71 bits per heavy atom. The molecule has 0 aliphatic heterocycles. The molecule has 1 N–H and O–H groups in total. The van der Waals surface area contributed by atoms with Gasteiger partial charge < -0.3 is 5.32 Å². The molecule has 2 rings (SSSR count). The Hall–Kier alpha value is -2.20. The summed E-state index contributed by atoms with van der Waals surface area (Å²) in [6.45, 7) is 15.4. The second-order valence-corrected chi connectivity index (χ2v) is 9.98. The van der Waals surface area contributed by atoms with E-state index in [2.05, 4.69) is 29.2 Å². The molecular formula is C24H33N3O3S. The number of thioether (sulfide) groups is 1. The fraction of sp³-hybridized carbons (Fsp3) is 0.625. The fourth-order valence-corrected chi connectivity index (χ4v) is 4.85. The lowest BCUT2D eigenvalue weighted by Crippen LogP contribution is -2.44. The molecule has 1 aliphatic carbocycles. The first-order valence-electron chi connectivity index (χ1n) is 11.1. The molecule has 0 bridgehead atoms. The van der Waals surface area contributed by atoms with Gasteiger partial charge in [0.1, 0.15) is 0 Å². The van der Waals surface area contributed by atoms with E-state index in [1.165, 1.54) is 11.8 Å². The normalized spacial score (nSPS) is 23.4. The first-order chi connectivity index (χ1) is 14.7. The largest absolute Gasteiger partial charge is 0.359 e. The van der Waals surface area contributed by atoms with E-state index >= 15 is 0 Å². The van der Waals surface area contributed by atoms with Crippen LogP contribution in [-0.4, -0.2) is 16.7 Å². The van der Waals surface area contributed by atoms with Crippen LogP contribution in [0.4, 0.5) is 5.69 Å². The molecule has 7 heteroatoms. The lowest BCUT2D eigenvalue weighted by molar-refractivity contribution is -0.129. The number of amides is 1. The maximum atomic E-state index is 13.4. The number of benzene rings is 1. The minimum Gasteiger partial charge on any atom is -0.326 e. The highest BCUT2D eigenvalue weighted by Crippen LogP contribution is 2.48. The third-order valence-electron chi connectivity index (χ3n) is 6.50. The van der Waals surface area contributed by atoms with Gasteiger partial charge in [-0.1, -0.05) is 52.3 Å². The predicted molar refractivity (Wildman–Crippen MR) is 125 cm³/mol. The van der Waals surface area contributed by atoms with E-state index in [9.17, 15) is 14.5 Å². The van der Waals surface area contributed by atoms with Gasteiger partial charge in [0.25, 0.3) is 0 Å². The highest BCUT2D eigenvalue weighted by Gasteiger charge is 2.52. The molecule has 1 amide bonds. The number of anilines is 1. The lowest BCUT2D eigenvalue weighted by Gasteiger charge is -2.39. The Balaban J connectivity index is 2.17. The maximum Gasteiger partial charge on any atom is 0.359 e. The molecule has 1 saturated carbocycles. The summed E-state index contributed by atoms with van der Waals surface area (Å²) in [6, 6.07) is 7.32. The molecule has 168 valence electrons. The van der Waals surface area contributed by atoms with Crippen molar-refractivity contribution in [3.05, 3.63) is 40.6 Å². The zero-order chi connectivity index (χ0) is 23.1. The van der Waals surface area contributed by atoms with Crippen LogP contribution in [0.2, 0.25) is 0 Å². The first kappa shape index (κ1) is 25.1. The van der Waals surface area contributed by atoms with Gasteiger partial charge in [-0.2, -0.15) is 0 Å². The molecule has 0 spiro atoms. The Morgan fingerprint density at radius 1 is 1.13 bits per heavy atom. The molecule has 0 radical (unpaired) electrons. The van der Waals surface area contributed by atoms with Crippen molar-refractivity contribution in [2.75, 3.05) is 5.32 Å². The molecule has 0 unspecified atom stereocenters. The number of hydrogen-bond donors (Lipinski definition) is 1. The molecule has 1 aromatic carbocycles. The average molecular weight is 444 g/mol. The van der Waals surface area contributed by atoms with E-state index in [0.29, 0.717) is 37.3 Å². The summed E-state index contributed by atoms with van der Waals surface area (Å²) in [7, 11) is 0. The zero-order valence-electron chi connectivity index (χ0n) is 18.9. The molecule has 0 atom stereocenters. The SMILES string of the molecule is [C-]#[N+]C1(N=O)CCC(CC(CC)CC)(C(=O)Nc2ccc(SC(=O)C(C)C)cc2)CC1. The Kier molecular flexibility index (Phi) is 8.81. The molecule has 6 nitrogen and oxygen atoms in total. The van der Waals surface area contributed by atoms with Crippen molar-refractivity contribution < 1.29 is 9.59 Å². The number of rotatable bonds is 9. The van der Waals surface area contributed by atoms with Crippen molar-refractivity contribution in [3.8, 4) is 0 Å². The van der Waals surface area contributed by atoms with Crippen LogP contribution in [0.5, 0.6) is 0 Å². The lowest BCUT2D eigenvalue weighted by atomic mass is 9.65. The predicted octanol–water partition coefficient (Wildman–Crippen LogP) is 6.67. The van der Waals surface area contributed by atoms with Gasteiger partial charge in [0.15, 0.2) is 5.12 Å². The monoisotopic (exact) mass is 443 g/mol. The van der Waals surface area contributed by atoms with E-state index < -0.39 is 11.1 Å². The van der Waals surface area contributed by atoms with E-state index in [4.69, 9.17) is 6.57 Å². The molecule has 1 aliphatic rings. The number of hydrogen-bond acceptors (Lipinski definition) is 5. The third kappa shape index (κ3) is 6.16. The Morgan fingerprint density at radius 3 is 2.16 bits per heavy atom. The Labute approximate surface area is 189 Å². The van der Waals surface area contributed by atoms with Gasteiger partial charge in [-0.05, 0) is 49.4 Å². The first-order valence-corrected chi connectivity index (χ1v) is 11.9. The molecule has 0 heterocycles. The maximum absolute atomic E-state index is 13.4. The van der Waals surface area contributed by atoms with E-state index in [1.807, 2.05) is 38.1 Å². The number of carbonyl (C=O) groups is 2. The summed E-state index contributed by atoms with van der Waals surface area (Å²) >= 11 is 1.21. The van der Waals surface area contributed by atoms with E-state index in [0.717, 1.165) is 24.2 Å². The molecule has 1 fully saturated rings. The molecule has 31 heavy (non-hydrogen) atoms. The number of nitrogens with zero attached hydrogens (tertiary/aromatic N) is 2. The fourth-order valence-electron chi connectivity index (χ4n) is 4.11. The summed E-state index contributed by atoms with van der Waals surface area (Å²) in [5, 5.41) is 6.27. The zero-order valence-corrected chi connectivity index (χ0v) is 19.8. The van der Waals surface area contributed by atoms with Crippen molar-refractivity contribution in [2.24, 2.45) is 22.4 Å². The average Bonchev–Trinajstić information content (AvgIpc) is 2.79. The van der Waals surface area contributed by atoms with Gasteiger partial charge in [-0.3, -0.25) is 14.4 Å². The summed E-state index contributed by atoms with van der Waals surface area (Å²) in [4.78, 5) is 41.0. The summed E-state index contributed by atoms with van der Waals surface area (Å²) < 4.78 is 0. The molecule has 1 aromatic rings. The topological polar surface area (TPSA) is 80.0 Å². The number of nitrogens with one attached hydrogen (secondary N) is 1. The summed E-state index contributed by atoms with van der Waals surface area (Å²) in [6.07, 6.45) is 4.33. The van der Waals surface area contributed by atoms with Crippen LogP contribution in [-0.2, 0) is 9.59 Å². The van der Waals surface area contributed by atoms with Crippen molar-refractivity contribution in [2.45, 2.75) is 83.2 Å². The molecule has 0 aromatic heterocycles. The van der Waals surface area contributed by atoms with Crippen LogP contribution < -0.4 is 5.32 Å². The van der Waals surface area contributed by atoms with Gasteiger partial charge in [0, 0.05) is 21.7 Å². The van der Waals surface area contributed by atoms with Gasteiger partial charge in [-0.25, -0.2) is 6.57 Å². The highest BCUT2D eigenvalue weighted by atomic mass is 32.2. The highest BCUT2D eigenvalue weighted by molar-refractivity contribution is 8.13. The van der Waals surface area contributed by atoms with Crippen LogP contribution in [0, 0.1) is 28.7 Å². The van der Waals surface area contributed by atoms with Crippen molar-refractivity contribution in [1.29, 1.82) is 0 Å². The number of carbonyl (C=O) groups excluding carboxylic acids is 2. The van der Waals surface area contributed by atoms with Crippen molar-refractivity contribution >= 4 is 28.5 Å². The van der Waals surface area contributed by atoms with Gasteiger partial charge in [0.05, 0.1) is 18.3 Å². The van der Waals surface area contributed by atoms with Crippen LogP contribution in [0.3, 0.4) is 0 Å². The standard InChI is InChI=1S/C24H33N3O3S/c1-6-18(7-2)16-23(12-14-24(25-5,27-30)15-13-23)22(29)26-19-8-10-20(11-9-19)31-21(28)17(3)4/h8-11,17-18H,6-7,12-16H2,1-4H3,(H,26,29).